The molecule has 2 N–H and O–H groups in total. The lowest BCUT2D eigenvalue weighted by Gasteiger charge is -2.07. The van der Waals surface area contributed by atoms with Gasteiger partial charge in [0.15, 0.2) is 0 Å². The predicted molar refractivity (Wildman–Crippen MR) is 70.1 cm³/mol. The van der Waals surface area contributed by atoms with Crippen molar-refractivity contribution in [2.75, 3.05) is 5.32 Å². The van der Waals surface area contributed by atoms with Crippen LogP contribution < -0.4 is 5.32 Å². The zero-order valence-electron chi connectivity index (χ0n) is 9.99. The molecule has 100 valence electrons. The first-order valence-corrected chi connectivity index (χ1v) is 5.41. The summed E-state index contributed by atoms with van der Waals surface area (Å²) in [6.45, 7) is 0. The van der Waals surface area contributed by atoms with E-state index < -0.39 is 6.09 Å². The molecule has 7 nitrogen and oxygen atoms in total. The number of halogens is 1. The zero-order chi connectivity index (χ0) is 14.5. The fourth-order valence-corrected chi connectivity index (χ4v) is 1.57. The molecule has 2 rings (SSSR count). The molecule has 0 aliphatic rings. The molecule has 0 radical (unpaired) electrons. The smallest absolute Gasteiger partial charge is 0.409 e. The van der Waals surface area contributed by atoms with Crippen LogP contribution in [0.2, 0.25) is 0 Å². The van der Waals surface area contributed by atoms with E-state index in [0.29, 0.717) is 11.3 Å². The number of azide groups is 1. The van der Waals surface area contributed by atoms with Crippen molar-refractivity contribution in [3.63, 3.8) is 0 Å². The fraction of sp³-hybridized carbons (Fsp3) is 0. The Morgan fingerprint density at radius 3 is 2.70 bits per heavy atom. The van der Waals surface area contributed by atoms with Gasteiger partial charge in [0.2, 0.25) is 0 Å². The molecule has 0 saturated heterocycles. The van der Waals surface area contributed by atoms with E-state index in [4.69, 9.17) is 10.6 Å². The molecule has 0 spiro atoms. The summed E-state index contributed by atoms with van der Waals surface area (Å²) in [7, 11) is 0. The SMILES string of the molecule is [N-]=[N+]=Nc1cc(-c2ccc(F)cc2)ncc1NC(=O)O. The highest BCUT2D eigenvalue weighted by Gasteiger charge is 2.08. The Kier molecular flexibility index (Phi) is 3.78. The van der Waals surface area contributed by atoms with Crippen LogP contribution in [-0.4, -0.2) is 16.2 Å². The van der Waals surface area contributed by atoms with Gasteiger partial charge in [-0.2, -0.15) is 0 Å². The second-order valence-electron chi connectivity index (χ2n) is 3.71. The van der Waals surface area contributed by atoms with Crippen molar-refractivity contribution in [2.45, 2.75) is 0 Å². The molecule has 20 heavy (non-hydrogen) atoms. The topological polar surface area (TPSA) is 111 Å². The highest BCUT2D eigenvalue weighted by molar-refractivity contribution is 5.87. The number of nitrogens with zero attached hydrogens (tertiary/aromatic N) is 4. The first-order chi connectivity index (χ1) is 9.60. The van der Waals surface area contributed by atoms with Gasteiger partial charge in [0, 0.05) is 10.5 Å². The molecule has 1 heterocycles. The molecule has 0 bridgehead atoms. The van der Waals surface area contributed by atoms with E-state index in [2.05, 4.69) is 20.3 Å². The molecular weight excluding hydrogens is 265 g/mol. The number of rotatable bonds is 3. The van der Waals surface area contributed by atoms with Crippen LogP contribution in [0.15, 0.2) is 41.6 Å². The van der Waals surface area contributed by atoms with E-state index in [1.165, 1.54) is 36.5 Å². The third kappa shape index (κ3) is 3.01. The van der Waals surface area contributed by atoms with Crippen LogP contribution in [0.1, 0.15) is 0 Å². The first-order valence-electron chi connectivity index (χ1n) is 5.41. The second kappa shape index (κ2) is 5.68. The number of aromatic nitrogens is 1. The normalized spacial score (nSPS) is 9.65. The molecule has 0 unspecified atom stereocenters. The molecule has 0 atom stereocenters. The lowest BCUT2D eigenvalue weighted by Crippen LogP contribution is -2.07. The predicted octanol–water partition coefficient (Wildman–Crippen LogP) is 3.92. The van der Waals surface area contributed by atoms with Gasteiger partial charge in [0.25, 0.3) is 0 Å². The number of carboxylic acid groups (broad SMARTS) is 1. The maximum atomic E-state index is 12.8. The number of amides is 1. The maximum absolute atomic E-state index is 12.8. The molecule has 0 saturated carbocycles. The molecular formula is C12H8FN5O2. The lowest BCUT2D eigenvalue weighted by molar-refractivity contribution is 0.209. The molecule has 0 aliphatic heterocycles. The largest absolute Gasteiger partial charge is 0.465 e. The van der Waals surface area contributed by atoms with Crippen molar-refractivity contribution < 1.29 is 14.3 Å². The van der Waals surface area contributed by atoms with Crippen LogP contribution in [0.25, 0.3) is 21.7 Å². The van der Waals surface area contributed by atoms with Gasteiger partial charge < -0.3 is 5.11 Å². The zero-order valence-corrected chi connectivity index (χ0v) is 9.99. The van der Waals surface area contributed by atoms with E-state index in [-0.39, 0.29) is 17.2 Å². The van der Waals surface area contributed by atoms with Gasteiger partial charge >= 0.3 is 6.09 Å². The maximum Gasteiger partial charge on any atom is 0.409 e. The number of hydrogen-bond acceptors (Lipinski definition) is 3. The van der Waals surface area contributed by atoms with Gasteiger partial charge in [-0.15, -0.1) is 0 Å². The Labute approximate surface area is 112 Å². The van der Waals surface area contributed by atoms with Crippen LogP contribution in [0, 0.1) is 5.82 Å². The van der Waals surface area contributed by atoms with Gasteiger partial charge in [-0.1, -0.05) is 5.11 Å². The molecule has 0 fully saturated rings. The van der Waals surface area contributed by atoms with Crippen LogP contribution in [0.4, 0.5) is 20.6 Å². The monoisotopic (exact) mass is 273 g/mol. The van der Waals surface area contributed by atoms with Gasteiger partial charge in [-0.25, -0.2) is 9.18 Å². The highest BCUT2D eigenvalue weighted by atomic mass is 19.1. The molecule has 2 aromatic rings. The number of pyridine rings is 1. The Morgan fingerprint density at radius 1 is 1.40 bits per heavy atom. The van der Waals surface area contributed by atoms with Crippen molar-refractivity contribution in [3.8, 4) is 11.3 Å². The molecule has 1 amide bonds. The number of benzene rings is 1. The van der Waals surface area contributed by atoms with Crippen LogP contribution >= 0.6 is 0 Å². The summed E-state index contributed by atoms with van der Waals surface area (Å²) in [6.07, 6.45) is -0.0627. The quantitative estimate of drug-likeness (QED) is 0.502. The van der Waals surface area contributed by atoms with Gasteiger partial charge in [0.1, 0.15) is 5.82 Å². The van der Waals surface area contributed by atoms with Crippen molar-refractivity contribution in [1.82, 2.24) is 4.98 Å². The number of nitrogens with one attached hydrogen (secondary N) is 1. The summed E-state index contributed by atoms with van der Waals surface area (Å²) in [5, 5.41) is 14.1. The van der Waals surface area contributed by atoms with Crippen LogP contribution in [0.5, 0.6) is 0 Å². The van der Waals surface area contributed by atoms with Gasteiger partial charge in [-0.05, 0) is 35.9 Å². The van der Waals surface area contributed by atoms with Gasteiger partial charge in [0.05, 0.1) is 23.3 Å². The highest BCUT2D eigenvalue weighted by Crippen LogP contribution is 2.29. The third-order valence-corrected chi connectivity index (χ3v) is 2.42. The summed E-state index contributed by atoms with van der Waals surface area (Å²) in [4.78, 5) is 17.3. The summed E-state index contributed by atoms with van der Waals surface area (Å²) < 4.78 is 12.8. The summed E-state index contributed by atoms with van der Waals surface area (Å²) in [5.41, 5.74) is 9.69. The Balaban J connectivity index is 2.46. The minimum Gasteiger partial charge on any atom is -0.465 e. The lowest BCUT2D eigenvalue weighted by atomic mass is 10.1. The molecule has 8 heteroatoms. The van der Waals surface area contributed by atoms with Crippen LogP contribution in [-0.2, 0) is 0 Å². The Morgan fingerprint density at radius 2 is 2.10 bits per heavy atom. The molecule has 0 aliphatic carbocycles. The Hall–Kier alpha value is -3.12. The van der Waals surface area contributed by atoms with E-state index >= 15 is 0 Å². The van der Waals surface area contributed by atoms with E-state index in [1.54, 1.807) is 0 Å². The number of carbonyl (C=O) groups is 1. The van der Waals surface area contributed by atoms with Crippen molar-refractivity contribution >= 4 is 17.5 Å². The number of hydrogen-bond donors (Lipinski definition) is 2. The van der Waals surface area contributed by atoms with E-state index in [0.717, 1.165) is 0 Å². The molecule has 1 aromatic heterocycles. The second-order valence-corrected chi connectivity index (χ2v) is 3.71. The van der Waals surface area contributed by atoms with E-state index in [1.807, 2.05) is 0 Å². The molecule has 1 aromatic carbocycles. The van der Waals surface area contributed by atoms with Crippen LogP contribution in [0.3, 0.4) is 0 Å². The Bertz CT molecular complexity index is 695. The van der Waals surface area contributed by atoms with Crippen molar-refractivity contribution in [2.24, 2.45) is 5.11 Å². The summed E-state index contributed by atoms with van der Waals surface area (Å²) >= 11 is 0. The third-order valence-electron chi connectivity index (χ3n) is 2.42. The minimum absolute atomic E-state index is 0.0705. The summed E-state index contributed by atoms with van der Waals surface area (Å²) in [6, 6.07) is 6.99. The minimum atomic E-state index is -1.30. The van der Waals surface area contributed by atoms with E-state index in [9.17, 15) is 9.18 Å². The average Bonchev–Trinajstić information content (AvgIpc) is 2.41. The van der Waals surface area contributed by atoms with Crippen molar-refractivity contribution in [1.29, 1.82) is 0 Å². The van der Waals surface area contributed by atoms with Crippen molar-refractivity contribution in [3.05, 3.63) is 52.8 Å². The first kappa shape index (κ1) is 13.3. The average molecular weight is 273 g/mol. The number of anilines is 1. The summed E-state index contributed by atoms with van der Waals surface area (Å²) in [5.74, 6) is -0.381. The standard InChI is InChI=1S/C12H8FN5O2/c13-8-3-1-7(2-4-8)9-5-10(17-18-14)11(6-15-9)16-12(19)20/h1-6,16H,(H,19,20). The fourth-order valence-electron chi connectivity index (χ4n) is 1.57. The van der Waals surface area contributed by atoms with Gasteiger partial charge in [-0.3, -0.25) is 10.3 Å².